The van der Waals surface area contributed by atoms with Gasteiger partial charge in [0.25, 0.3) is 5.69 Å². The number of fused-ring (bicyclic) bond motifs is 1. The van der Waals surface area contributed by atoms with Crippen LogP contribution in [0.25, 0.3) is 0 Å². The summed E-state index contributed by atoms with van der Waals surface area (Å²) in [5.74, 6) is 1.60. The topological polar surface area (TPSA) is 61.6 Å². The Labute approximate surface area is 154 Å². The van der Waals surface area contributed by atoms with E-state index in [0.717, 1.165) is 18.6 Å². The van der Waals surface area contributed by atoms with Crippen LogP contribution in [-0.4, -0.2) is 17.1 Å². The molecule has 0 bridgehead atoms. The van der Waals surface area contributed by atoms with Gasteiger partial charge < -0.3 is 9.47 Å². The second kappa shape index (κ2) is 6.63. The second-order valence-electron chi connectivity index (χ2n) is 7.40. The molecule has 1 atom stereocenters. The Balaban J connectivity index is 1.77. The van der Waals surface area contributed by atoms with E-state index in [0.29, 0.717) is 12.4 Å². The van der Waals surface area contributed by atoms with Crippen molar-refractivity contribution in [2.75, 3.05) is 6.61 Å². The first-order valence-electron chi connectivity index (χ1n) is 8.87. The molecular formula is C21H25NO4. The average Bonchev–Trinajstić information content (AvgIpc) is 2.63. The van der Waals surface area contributed by atoms with E-state index in [1.165, 1.54) is 39.9 Å². The largest absolute Gasteiger partial charge is 0.489 e. The van der Waals surface area contributed by atoms with Gasteiger partial charge in [-0.05, 0) is 87.4 Å². The molecule has 5 nitrogen and oxygen atoms in total. The first-order valence-corrected chi connectivity index (χ1v) is 8.87. The molecule has 0 saturated heterocycles. The average molecular weight is 355 g/mol. The highest BCUT2D eigenvalue weighted by Gasteiger charge is 2.35. The van der Waals surface area contributed by atoms with Gasteiger partial charge in [0.05, 0.1) is 4.92 Å². The van der Waals surface area contributed by atoms with Crippen LogP contribution in [0.4, 0.5) is 5.69 Å². The fourth-order valence-electron chi connectivity index (χ4n) is 3.48. The van der Waals surface area contributed by atoms with Gasteiger partial charge in [-0.1, -0.05) is 0 Å². The Morgan fingerprint density at radius 3 is 2.31 bits per heavy atom. The van der Waals surface area contributed by atoms with Gasteiger partial charge in [-0.25, -0.2) is 0 Å². The molecule has 0 fully saturated rings. The van der Waals surface area contributed by atoms with Crippen LogP contribution >= 0.6 is 0 Å². The molecule has 5 heteroatoms. The molecule has 1 unspecified atom stereocenters. The lowest BCUT2D eigenvalue weighted by molar-refractivity contribution is -0.384. The van der Waals surface area contributed by atoms with E-state index in [9.17, 15) is 10.1 Å². The van der Waals surface area contributed by atoms with Crippen LogP contribution in [0.5, 0.6) is 11.5 Å². The van der Waals surface area contributed by atoms with Crippen LogP contribution in [0.3, 0.4) is 0 Å². The lowest BCUT2D eigenvalue weighted by Crippen LogP contribution is -2.42. The smallest absolute Gasteiger partial charge is 0.269 e. The summed E-state index contributed by atoms with van der Waals surface area (Å²) in [6.07, 6.45) is 1.83. The molecule has 3 rings (SSSR count). The molecule has 0 amide bonds. The van der Waals surface area contributed by atoms with E-state index in [1.54, 1.807) is 12.1 Å². The zero-order valence-corrected chi connectivity index (χ0v) is 16.0. The molecule has 26 heavy (non-hydrogen) atoms. The van der Waals surface area contributed by atoms with Crippen LogP contribution in [0.15, 0.2) is 24.3 Å². The third-order valence-electron chi connectivity index (χ3n) is 5.60. The fourth-order valence-corrected chi connectivity index (χ4v) is 3.48. The molecule has 138 valence electrons. The molecular weight excluding hydrogens is 330 g/mol. The van der Waals surface area contributed by atoms with Gasteiger partial charge in [0.15, 0.2) is 0 Å². The minimum Gasteiger partial charge on any atom is -0.489 e. The quantitative estimate of drug-likeness (QED) is 0.572. The fraction of sp³-hybridized carbons (Fsp3) is 0.429. The van der Waals surface area contributed by atoms with Gasteiger partial charge in [0, 0.05) is 12.1 Å². The van der Waals surface area contributed by atoms with Crippen molar-refractivity contribution in [2.24, 2.45) is 0 Å². The summed E-state index contributed by atoms with van der Waals surface area (Å²) < 4.78 is 12.3. The van der Waals surface area contributed by atoms with Crippen LogP contribution in [0.2, 0.25) is 0 Å². The van der Waals surface area contributed by atoms with Crippen molar-refractivity contribution in [2.45, 2.75) is 53.1 Å². The molecule has 1 aliphatic heterocycles. The first kappa shape index (κ1) is 18.2. The van der Waals surface area contributed by atoms with Gasteiger partial charge in [-0.15, -0.1) is 0 Å². The highest BCUT2D eigenvalue weighted by molar-refractivity contribution is 5.55. The molecule has 0 aliphatic carbocycles. The number of hydrogen-bond acceptors (Lipinski definition) is 4. The monoisotopic (exact) mass is 355 g/mol. The lowest BCUT2D eigenvalue weighted by Gasteiger charge is -2.38. The van der Waals surface area contributed by atoms with Crippen molar-refractivity contribution < 1.29 is 14.4 Å². The number of nitrogens with zero attached hydrogens (tertiary/aromatic N) is 1. The van der Waals surface area contributed by atoms with Gasteiger partial charge in [-0.2, -0.15) is 0 Å². The number of hydrogen-bond donors (Lipinski definition) is 0. The van der Waals surface area contributed by atoms with E-state index in [-0.39, 0.29) is 5.69 Å². The summed E-state index contributed by atoms with van der Waals surface area (Å²) in [5, 5.41) is 10.7. The molecule has 0 aromatic heterocycles. The van der Waals surface area contributed by atoms with Crippen molar-refractivity contribution >= 4 is 5.69 Å². The third-order valence-corrected chi connectivity index (χ3v) is 5.60. The summed E-state index contributed by atoms with van der Waals surface area (Å²) in [6, 6.07) is 6.16. The predicted octanol–water partition coefficient (Wildman–Crippen LogP) is 4.99. The van der Waals surface area contributed by atoms with E-state index >= 15 is 0 Å². The van der Waals surface area contributed by atoms with E-state index in [4.69, 9.17) is 9.47 Å². The highest BCUT2D eigenvalue weighted by atomic mass is 16.6. The summed E-state index contributed by atoms with van der Waals surface area (Å²) in [7, 11) is 0. The van der Waals surface area contributed by atoms with Crippen molar-refractivity contribution in [1.29, 1.82) is 0 Å². The Morgan fingerprint density at radius 1 is 1.08 bits per heavy atom. The second-order valence-corrected chi connectivity index (χ2v) is 7.40. The van der Waals surface area contributed by atoms with E-state index in [1.807, 2.05) is 0 Å². The number of ether oxygens (including phenoxy) is 2. The Bertz CT molecular complexity index is 858. The van der Waals surface area contributed by atoms with Crippen LogP contribution in [0, 0.1) is 37.8 Å². The first-order chi connectivity index (χ1) is 12.2. The number of nitro benzene ring substituents is 1. The Kier molecular flexibility index (Phi) is 4.65. The Morgan fingerprint density at radius 2 is 1.69 bits per heavy atom. The maximum Gasteiger partial charge on any atom is 0.269 e. The van der Waals surface area contributed by atoms with Gasteiger partial charge in [-0.3, -0.25) is 10.1 Å². The van der Waals surface area contributed by atoms with Gasteiger partial charge in [0.1, 0.15) is 23.7 Å². The standard InChI is InChI=1S/C21H25NO4/c1-13-14(2)16(4)20-19(15(13)3)10-11-21(5,26-20)12-25-18-8-6-17(7-9-18)22(23)24/h6-9H,10-12H2,1-5H3. The normalized spacial score (nSPS) is 18.8. The third kappa shape index (κ3) is 3.26. The molecule has 0 spiro atoms. The molecule has 1 heterocycles. The summed E-state index contributed by atoms with van der Waals surface area (Å²) in [6.45, 7) is 11.1. The summed E-state index contributed by atoms with van der Waals surface area (Å²) >= 11 is 0. The minimum atomic E-state index is -0.423. The zero-order chi connectivity index (χ0) is 19.1. The Hall–Kier alpha value is -2.56. The molecule has 1 aliphatic rings. The molecule has 2 aromatic rings. The summed E-state index contributed by atoms with van der Waals surface area (Å²) in [4.78, 5) is 10.3. The maximum atomic E-state index is 10.7. The molecule has 0 N–H and O–H groups in total. The number of non-ortho nitro benzene ring substituents is 1. The predicted molar refractivity (Wildman–Crippen MR) is 101 cm³/mol. The van der Waals surface area contributed by atoms with Crippen LogP contribution < -0.4 is 9.47 Å². The molecule has 2 aromatic carbocycles. The van der Waals surface area contributed by atoms with Crippen LogP contribution in [-0.2, 0) is 6.42 Å². The van der Waals surface area contributed by atoms with Crippen molar-refractivity contribution in [3.05, 3.63) is 62.2 Å². The van der Waals surface area contributed by atoms with Gasteiger partial charge in [0.2, 0.25) is 0 Å². The number of nitro groups is 1. The van der Waals surface area contributed by atoms with Crippen molar-refractivity contribution in [3.63, 3.8) is 0 Å². The lowest BCUT2D eigenvalue weighted by atomic mass is 9.85. The van der Waals surface area contributed by atoms with Gasteiger partial charge >= 0.3 is 0 Å². The molecule has 0 saturated carbocycles. The number of benzene rings is 2. The van der Waals surface area contributed by atoms with Crippen LogP contribution in [0.1, 0.15) is 41.2 Å². The van der Waals surface area contributed by atoms with E-state index < -0.39 is 10.5 Å². The zero-order valence-electron chi connectivity index (χ0n) is 16.0. The highest BCUT2D eigenvalue weighted by Crippen LogP contribution is 2.41. The molecule has 0 radical (unpaired) electrons. The SMILES string of the molecule is Cc1c(C)c(C)c2c(c1C)CCC(C)(COc1ccc([N+](=O)[O-])cc1)O2. The van der Waals surface area contributed by atoms with Crippen molar-refractivity contribution in [1.82, 2.24) is 0 Å². The number of rotatable bonds is 4. The van der Waals surface area contributed by atoms with E-state index in [2.05, 4.69) is 34.6 Å². The minimum absolute atomic E-state index is 0.0587. The maximum absolute atomic E-state index is 10.7. The summed E-state index contributed by atoms with van der Waals surface area (Å²) in [5.41, 5.74) is 6.08. The van der Waals surface area contributed by atoms with Crippen molar-refractivity contribution in [3.8, 4) is 11.5 Å².